The first-order chi connectivity index (χ1) is 16.3. The molecule has 2 aromatic rings. The van der Waals surface area contributed by atoms with Crippen LogP contribution in [0.1, 0.15) is 90.9 Å². The van der Waals surface area contributed by atoms with Crippen molar-refractivity contribution < 1.29 is 18.8 Å². The van der Waals surface area contributed by atoms with Crippen LogP contribution >= 0.6 is 0 Å². The molecule has 1 N–H and O–H groups in total. The van der Waals surface area contributed by atoms with Gasteiger partial charge in [-0.25, -0.2) is 9.78 Å². The molecule has 1 aromatic heterocycles. The van der Waals surface area contributed by atoms with E-state index < -0.39 is 5.60 Å². The Kier molecular flexibility index (Phi) is 5.83. The number of ether oxygens (including phenoxy) is 1. The lowest BCUT2D eigenvalue weighted by atomic mass is 9.77. The zero-order valence-corrected chi connectivity index (χ0v) is 22.2. The Morgan fingerprint density at radius 2 is 1.86 bits per heavy atom. The molecule has 1 unspecified atom stereocenters. The van der Waals surface area contributed by atoms with E-state index in [1.54, 1.807) is 0 Å². The van der Waals surface area contributed by atoms with Gasteiger partial charge in [0.2, 0.25) is 0 Å². The van der Waals surface area contributed by atoms with Crippen molar-refractivity contribution in [2.75, 3.05) is 6.54 Å². The van der Waals surface area contributed by atoms with Gasteiger partial charge in [0.15, 0.2) is 0 Å². The Balaban J connectivity index is 1.43. The van der Waals surface area contributed by atoms with Crippen molar-refractivity contribution in [3.05, 3.63) is 35.3 Å². The third-order valence-electron chi connectivity index (χ3n) is 7.78. The molecule has 188 valence electrons. The van der Waals surface area contributed by atoms with Crippen LogP contribution in [0.25, 0.3) is 11.3 Å². The summed E-state index contributed by atoms with van der Waals surface area (Å²) >= 11 is 0. The Labute approximate surface area is 209 Å². The fourth-order valence-corrected chi connectivity index (χ4v) is 5.22. The van der Waals surface area contributed by atoms with Gasteiger partial charge in [0.25, 0.3) is 0 Å². The molecule has 0 bridgehead atoms. The van der Waals surface area contributed by atoms with Crippen LogP contribution < -0.4 is 5.46 Å². The summed E-state index contributed by atoms with van der Waals surface area (Å²) in [7, 11) is -0.369. The number of likely N-dealkylation sites (tertiary alicyclic amines) is 1. The van der Waals surface area contributed by atoms with Gasteiger partial charge in [-0.1, -0.05) is 18.2 Å². The molecule has 7 nitrogen and oxygen atoms in total. The van der Waals surface area contributed by atoms with E-state index in [2.05, 4.69) is 50.9 Å². The number of benzene rings is 1. The number of nitrogens with one attached hydrogen (secondary N) is 1. The predicted octanol–water partition coefficient (Wildman–Crippen LogP) is 4.94. The van der Waals surface area contributed by atoms with Gasteiger partial charge in [-0.05, 0) is 91.6 Å². The number of amides is 1. The molecule has 2 saturated heterocycles. The number of aromatic nitrogens is 2. The number of fused-ring (bicyclic) bond motifs is 3. The van der Waals surface area contributed by atoms with E-state index >= 15 is 0 Å². The van der Waals surface area contributed by atoms with E-state index in [1.165, 1.54) is 11.1 Å². The highest BCUT2D eigenvalue weighted by Crippen LogP contribution is 2.39. The molecule has 1 aliphatic carbocycles. The van der Waals surface area contributed by atoms with Crippen molar-refractivity contribution in [2.24, 2.45) is 0 Å². The van der Waals surface area contributed by atoms with Gasteiger partial charge in [-0.2, -0.15) is 0 Å². The molecule has 0 radical (unpaired) electrons. The second-order valence-electron chi connectivity index (χ2n) is 12.1. The van der Waals surface area contributed by atoms with Crippen LogP contribution in [0.3, 0.4) is 0 Å². The van der Waals surface area contributed by atoms with E-state index in [-0.39, 0.29) is 30.5 Å². The maximum absolute atomic E-state index is 12.8. The molecule has 8 heteroatoms. The summed E-state index contributed by atoms with van der Waals surface area (Å²) in [6.45, 7) is 14.7. The Hall–Kier alpha value is -2.32. The highest BCUT2D eigenvalue weighted by molar-refractivity contribution is 6.62. The van der Waals surface area contributed by atoms with Gasteiger partial charge in [-0.3, -0.25) is 4.90 Å². The first-order valence-corrected chi connectivity index (χ1v) is 12.9. The minimum Gasteiger partial charge on any atom is -0.444 e. The number of H-pyrrole nitrogens is 1. The van der Waals surface area contributed by atoms with Crippen molar-refractivity contribution in [1.82, 2.24) is 14.9 Å². The second-order valence-corrected chi connectivity index (χ2v) is 12.1. The minimum absolute atomic E-state index is 0.0794. The van der Waals surface area contributed by atoms with Gasteiger partial charge in [0.1, 0.15) is 11.4 Å². The predicted molar refractivity (Wildman–Crippen MR) is 137 cm³/mol. The number of aromatic amines is 1. The molecular formula is C27H38BN3O4. The topological polar surface area (TPSA) is 76.7 Å². The minimum atomic E-state index is -0.516. The second kappa shape index (κ2) is 8.37. The fourth-order valence-electron chi connectivity index (χ4n) is 5.22. The summed E-state index contributed by atoms with van der Waals surface area (Å²) in [5, 5.41) is 0. The molecular weight excluding hydrogens is 441 g/mol. The van der Waals surface area contributed by atoms with E-state index in [0.29, 0.717) is 6.54 Å². The molecule has 1 aromatic carbocycles. The number of carbonyl (C=O) groups excluding carboxylic acids is 1. The van der Waals surface area contributed by atoms with Crippen molar-refractivity contribution in [1.29, 1.82) is 0 Å². The van der Waals surface area contributed by atoms with Crippen molar-refractivity contribution in [3.63, 3.8) is 0 Å². The summed E-state index contributed by atoms with van der Waals surface area (Å²) < 4.78 is 18.2. The maximum Gasteiger partial charge on any atom is 0.494 e. The van der Waals surface area contributed by atoms with Crippen LogP contribution in [0.4, 0.5) is 4.79 Å². The fraction of sp³-hybridized carbons (Fsp3) is 0.630. The van der Waals surface area contributed by atoms with Crippen molar-refractivity contribution >= 4 is 18.7 Å². The van der Waals surface area contributed by atoms with Crippen LogP contribution in [-0.4, -0.2) is 51.4 Å². The number of carbonyl (C=O) groups is 1. The molecule has 1 amide bonds. The Bertz CT molecular complexity index is 1120. The third-order valence-corrected chi connectivity index (χ3v) is 7.78. The monoisotopic (exact) mass is 479 g/mol. The lowest BCUT2D eigenvalue weighted by molar-refractivity contribution is 0.00578. The first kappa shape index (κ1) is 24.4. The summed E-state index contributed by atoms with van der Waals surface area (Å²) in [6.07, 6.45) is 4.49. The molecule has 1 atom stereocenters. The number of rotatable bonds is 2. The third kappa shape index (κ3) is 4.51. The SMILES string of the molecule is CC(C)(C)OC(=O)N1CCCC1c1nc2c([nH]1)-c1ccc(B3OC(C)(C)C(C)(C)O3)cc1CCC2. The van der Waals surface area contributed by atoms with E-state index in [4.69, 9.17) is 19.0 Å². The number of hydrogen-bond donors (Lipinski definition) is 1. The number of nitrogens with zero attached hydrogens (tertiary/aromatic N) is 2. The summed E-state index contributed by atoms with van der Waals surface area (Å²) in [5.74, 6) is 0.862. The van der Waals surface area contributed by atoms with Gasteiger partial charge in [0.05, 0.1) is 28.6 Å². The molecule has 0 saturated carbocycles. The van der Waals surface area contributed by atoms with Crippen LogP contribution in [0.2, 0.25) is 0 Å². The van der Waals surface area contributed by atoms with Crippen molar-refractivity contribution in [2.45, 2.75) is 103 Å². The average Bonchev–Trinajstić information content (AvgIpc) is 3.40. The van der Waals surface area contributed by atoms with Crippen LogP contribution in [-0.2, 0) is 26.9 Å². The van der Waals surface area contributed by atoms with Gasteiger partial charge >= 0.3 is 13.2 Å². The summed E-state index contributed by atoms with van der Waals surface area (Å²) in [4.78, 5) is 23.3. The lowest BCUT2D eigenvalue weighted by Crippen LogP contribution is -2.41. The number of imidazole rings is 1. The van der Waals surface area contributed by atoms with Gasteiger partial charge in [0, 0.05) is 12.1 Å². The first-order valence-electron chi connectivity index (χ1n) is 12.9. The molecule has 2 aliphatic heterocycles. The summed E-state index contributed by atoms with van der Waals surface area (Å²) in [6, 6.07) is 6.43. The van der Waals surface area contributed by atoms with Gasteiger partial charge < -0.3 is 19.0 Å². The molecule has 3 aliphatic rings. The van der Waals surface area contributed by atoms with Crippen molar-refractivity contribution in [3.8, 4) is 11.3 Å². The zero-order valence-electron chi connectivity index (χ0n) is 22.2. The quantitative estimate of drug-likeness (QED) is 0.618. The standard InChI is InChI=1S/C27H38BN3O4/c1-25(2,3)33-24(32)31-15-9-12-21(31)23-29-20-11-8-10-17-16-18(13-14-19(17)22(20)30-23)28-34-26(4,5)27(6,7)35-28/h13-14,16,21H,8-12,15H2,1-7H3,(H,29,30). The molecule has 0 spiro atoms. The average molecular weight is 479 g/mol. The highest BCUT2D eigenvalue weighted by Gasteiger charge is 2.51. The highest BCUT2D eigenvalue weighted by atomic mass is 16.7. The van der Waals surface area contributed by atoms with E-state index in [0.717, 1.165) is 54.8 Å². The smallest absolute Gasteiger partial charge is 0.444 e. The molecule has 2 fully saturated rings. The summed E-state index contributed by atoms with van der Waals surface area (Å²) in [5.41, 5.74) is 4.42. The van der Waals surface area contributed by atoms with E-state index in [9.17, 15) is 4.79 Å². The zero-order chi connectivity index (χ0) is 25.2. The Morgan fingerprint density at radius 1 is 1.14 bits per heavy atom. The number of aryl methyl sites for hydroxylation is 2. The lowest BCUT2D eigenvalue weighted by Gasteiger charge is -2.32. The normalized spacial score (nSPS) is 23.1. The molecule has 3 heterocycles. The van der Waals surface area contributed by atoms with Crippen LogP contribution in [0.5, 0.6) is 0 Å². The molecule has 35 heavy (non-hydrogen) atoms. The number of hydrogen-bond acceptors (Lipinski definition) is 5. The van der Waals surface area contributed by atoms with Gasteiger partial charge in [-0.15, -0.1) is 0 Å². The molecule has 5 rings (SSSR count). The van der Waals surface area contributed by atoms with Crippen LogP contribution in [0, 0.1) is 0 Å². The van der Waals surface area contributed by atoms with Crippen LogP contribution in [0.15, 0.2) is 18.2 Å². The largest absolute Gasteiger partial charge is 0.494 e. The van der Waals surface area contributed by atoms with E-state index in [1.807, 2.05) is 25.7 Å². The Morgan fingerprint density at radius 3 is 2.54 bits per heavy atom. The maximum atomic E-state index is 12.8.